The Balaban J connectivity index is 1.79. The van der Waals surface area contributed by atoms with Crippen molar-refractivity contribution in [3.8, 4) is 5.75 Å². The molecule has 160 valence electrons. The normalized spacial score (nSPS) is 16.8. The van der Waals surface area contributed by atoms with E-state index >= 15 is 0 Å². The number of ether oxygens (including phenoxy) is 1. The van der Waals surface area contributed by atoms with Gasteiger partial charge in [0.25, 0.3) is 0 Å². The molecular formula is C21H25N3O5S. The van der Waals surface area contributed by atoms with Gasteiger partial charge in [-0.2, -0.15) is 4.31 Å². The largest absolute Gasteiger partial charge is 0.497 e. The molecule has 30 heavy (non-hydrogen) atoms. The van der Waals surface area contributed by atoms with E-state index in [1.807, 2.05) is 0 Å². The molecule has 3 rings (SSSR count). The topological polar surface area (TPSA) is 105 Å². The number of rotatable bonds is 6. The lowest BCUT2D eigenvalue weighted by molar-refractivity contribution is -0.119. The van der Waals surface area contributed by atoms with Crippen LogP contribution in [-0.4, -0.2) is 44.2 Å². The zero-order chi connectivity index (χ0) is 21.9. The van der Waals surface area contributed by atoms with Gasteiger partial charge in [-0.15, -0.1) is 0 Å². The van der Waals surface area contributed by atoms with Crippen LogP contribution in [0.1, 0.15) is 25.3 Å². The highest BCUT2D eigenvalue weighted by Gasteiger charge is 2.40. The lowest BCUT2D eigenvalue weighted by Gasteiger charge is -2.24. The van der Waals surface area contributed by atoms with Crippen molar-refractivity contribution in [1.29, 1.82) is 0 Å². The molecule has 2 amide bonds. The molecule has 0 aliphatic carbocycles. The van der Waals surface area contributed by atoms with Crippen LogP contribution in [0.15, 0.2) is 47.4 Å². The third-order valence-electron chi connectivity index (χ3n) is 4.96. The predicted octanol–water partition coefficient (Wildman–Crippen LogP) is 2.75. The molecule has 1 unspecified atom stereocenters. The SMILES string of the molecule is COc1ccc(C)c(S(=O)(=O)N2CCCC2C(=O)Nc2ccc(NC(C)=O)cc2)c1. The number of hydrogen-bond acceptors (Lipinski definition) is 5. The van der Waals surface area contributed by atoms with Gasteiger partial charge in [0, 0.05) is 30.9 Å². The number of nitrogens with zero attached hydrogens (tertiary/aromatic N) is 1. The maximum atomic E-state index is 13.3. The average Bonchev–Trinajstić information content (AvgIpc) is 3.20. The van der Waals surface area contributed by atoms with E-state index in [-0.39, 0.29) is 23.3 Å². The molecule has 0 aromatic heterocycles. The molecule has 1 aliphatic heterocycles. The fraction of sp³-hybridized carbons (Fsp3) is 0.333. The summed E-state index contributed by atoms with van der Waals surface area (Å²) in [7, 11) is -2.39. The van der Waals surface area contributed by atoms with E-state index in [0.717, 1.165) is 0 Å². The molecule has 2 N–H and O–H groups in total. The van der Waals surface area contributed by atoms with Crippen molar-refractivity contribution in [3.05, 3.63) is 48.0 Å². The zero-order valence-corrected chi connectivity index (χ0v) is 18.0. The van der Waals surface area contributed by atoms with Gasteiger partial charge in [0.05, 0.1) is 12.0 Å². The fourth-order valence-electron chi connectivity index (χ4n) is 3.47. The van der Waals surface area contributed by atoms with Crippen LogP contribution in [0.3, 0.4) is 0 Å². The number of amides is 2. The molecule has 2 aromatic rings. The van der Waals surface area contributed by atoms with Gasteiger partial charge in [-0.1, -0.05) is 6.07 Å². The molecule has 1 atom stereocenters. The van der Waals surface area contributed by atoms with Crippen LogP contribution in [0.25, 0.3) is 0 Å². The molecule has 1 saturated heterocycles. The van der Waals surface area contributed by atoms with E-state index in [0.29, 0.717) is 35.5 Å². The van der Waals surface area contributed by atoms with E-state index in [9.17, 15) is 18.0 Å². The van der Waals surface area contributed by atoms with Crippen molar-refractivity contribution in [2.24, 2.45) is 0 Å². The minimum atomic E-state index is -3.86. The first-order valence-electron chi connectivity index (χ1n) is 9.57. The molecule has 1 heterocycles. The molecule has 1 fully saturated rings. The van der Waals surface area contributed by atoms with E-state index in [4.69, 9.17) is 4.74 Å². The monoisotopic (exact) mass is 431 g/mol. The summed E-state index contributed by atoms with van der Waals surface area (Å²) in [5.41, 5.74) is 1.73. The quantitative estimate of drug-likeness (QED) is 0.732. The second-order valence-electron chi connectivity index (χ2n) is 7.15. The summed E-state index contributed by atoms with van der Waals surface area (Å²) in [6.07, 6.45) is 1.04. The van der Waals surface area contributed by atoms with Crippen molar-refractivity contribution < 1.29 is 22.7 Å². The third-order valence-corrected chi connectivity index (χ3v) is 7.01. The van der Waals surface area contributed by atoms with Crippen LogP contribution in [0.2, 0.25) is 0 Å². The number of anilines is 2. The number of methoxy groups -OCH3 is 1. The number of hydrogen-bond donors (Lipinski definition) is 2. The van der Waals surface area contributed by atoms with Gasteiger partial charge < -0.3 is 15.4 Å². The maximum absolute atomic E-state index is 13.3. The van der Waals surface area contributed by atoms with Crippen LogP contribution in [0, 0.1) is 6.92 Å². The molecule has 8 nitrogen and oxygen atoms in total. The molecule has 0 radical (unpaired) electrons. The molecule has 0 bridgehead atoms. The highest BCUT2D eigenvalue weighted by atomic mass is 32.2. The smallest absolute Gasteiger partial charge is 0.244 e. The second kappa shape index (κ2) is 8.85. The number of carbonyl (C=O) groups is 2. The van der Waals surface area contributed by atoms with E-state index in [1.165, 1.54) is 24.4 Å². The summed E-state index contributed by atoms with van der Waals surface area (Å²) in [6.45, 7) is 3.40. The minimum Gasteiger partial charge on any atom is -0.497 e. The molecular weight excluding hydrogens is 406 g/mol. The van der Waals surface area contributed by atoms with Crippen molar-refractivity contribution in [2.75, 3.05) is 24.3 Å². The van der Waals surface area contributed by atoms with Crippen molar-refractivity contribution >= 4 is 33.2 Å². The highest BCUT2D eigenvalue weighted by molar-refractivity contribution is 7.89. The van der Waals surface area contributed by atoms with E-state index < -0.39 is 16.1 Å². The summed E-state index contributed by atoms with van der Waals surface area (Å²) < 4.78 is 33.0. The molecule has 9 heteroatoms. The fourth-order valence-corrected chi connectivity index (χ4v) is 5.37. The standard InChI is InChI=1S/C21H25N3O5S/c1-14-6-11-18(29-3)13-20(14)30(27,28)24-12-4-5-19(24)21(26)23-17-9-7-16(8-10-17)22-15(2)25/h6-11,13,19H,4-5,12H2,1-3H3,(H,22,25)(H,23,26). The van der Waals surface area contributed by atoms with E-state index in [2.05, 4.69) is 10.6 Å². The maximum Gasteiger partial charge on any atom is 0.244 e. The van der Waals surface area contributed by atoms with Crippen LogP contribution < -0.4 is 15.4 Å². The van der Waals surface area contributed by atoms with Crippen molar-refractivity contribution in [1.82, 2.24) is 4.31 Å². The summed E-state index contributed by atoms with van der Waals surface area (Å²) in [5, 5.41) is 5.42. The van der Waals surface area contributed by atoms with Crippen LogP contribution in [0.5, 0.6) is 5.75 Å². The lowest BCUT2D eigenvalue weighted by Crippen LogP contribution is -2.43. The summed E-state index contributed by atoms with van der Waals surface area (Å²) >= 11 is 0. The Kier molecular flexibility index (Phi) is 6.42. The Morgan fingerprint density at radius 3 is 2.30 bits per heavy atom. The average molecular weight is 432 g/mol. The van der Waals surface area contributed by atoms with Gasteiger partial charge in [-0.3, -0.25) is 9.59 Å². The number of sulfonamides is 1. The Bertz CT molecular complexity index is 1050. The first-order chi connectivity index (χ1) is 14.2. The molecule has 1 aliphatic rings. The summed E-state index contributed by atoms with van der Waals surface area (Å²) in [4.78, 5) is 24.1. The van der Waals surface area contributed by atoms with Gasteiger partial charge in [-0.25, -0.2) is 8.42 Å². The Morgan fingerprint density at radius 2 is 1.70 bits per heavy atom. The van der Waals surface area contributed by atoms with Crippen LogP contribution in [-0.2, 0) is 19.6 Å². The van der Waals surface area contributed by atoms with Gasteiger partial charge in [0.2, 0.25) is 21.8 Å². The molecule has 2 aromatic carbocycles. The second-order valence-corrected chi connectivity index (χ2v) is 9.01. The van der Waals surface area contributed by atoms with Gasteiger partial charge >= 0.3 is 0 Å². The van der Waals surface area contributed by atoms with Gasteiger partial charge in [0.15, 0.2) is 0 Å². The molecule has 0 spiro atoms. The third kappa shape index (κ3) is 4.63. The molecule has 0 saturated carbocycles. The summed E-state index contributed by atoms with van der Waals surface area (Å²) in [6, 6.07) is 10.7. The first-order valence-corrected chi connectivity index (χ1v) is 11.0. The Hall–Kier alpha value is -2.91. The zero-order valence-electron chi connectivity index (χ0n) is 17.1. The Morgan fingerprint density at radius 1 is 1.07 bits per heavy atom. The summed E-state index contributed by atoms with van der Waals surface area (Å²) in [5.74, 6) is -0.131. The van der Waals surface area contributed by atoms with Crippen LogP contribution >= 0.6 is 0 Å². The minimum absolute atomic E-state index is 0.140. The highest BCUT2D eigenvalue weighted by Crippen LogP contribution is 2.30. The van der Waals surface area contributed by atoms with Crippen molar-refractivity contribution in [2.45, 2.75) is 37.6 Å². The van der Waals surface area contributed by atoms with Gasteiger partial charge in [-0.05, 0) is 55.7 Å². The number of nitrogens with one attached hydrogen (secondary N) is 2. The Labute approximate surface area is 176 Å². The van der Waals surface area contributed by atoms with Crippen LogP contribution in [0.4, 0.5) is 11.4 Å². The number of benzene rings is 2. The first kappa shape index (κ1) is 21.8. The number of carbonyl (C=O) groups excluding carboxylic acids is 2. The predicted molar refractivity (Wildman–Crippen MR) is 114 cm³/mol. The van der Waals surface area contributed by atoms with Gasteiger partial charge in [0.1, 0.15) is 11.8 Å². The van der Waals surface area contributed by atoms with Crippen molar-refractivity contribution in [3.63, 3.8) is 0 Å². The van der Waals surface area contributed by atoms with E-state index in [1.54, 1.807) is 43.3 Å². The lowest BCUT2D eigenvalue weighted by atomic mass is 10.2. The number of aryl methyl sites for hydroxylation is 1.